The summed E-state index contributed by atoms with van der Waals surface area (Å²) >= 11 is 0. The first-order valence-corrected chi connectivity index (χ1v) is 5.98. The molecule has 2 heterocycles. The van der Waals surface area contributed by atoms with Crippen LogP contribution in [0, 0.1) is 5.41 Å². The van der Waals surface area contributed by atoms with Gasteiger partial charge in [0.2, 0.25) is 11.8 Å². The van der Waals surface area contributed by atoms with Crippen LogP contribution in [0.2, 0.25) is 0 Å². The molecule has 0 aromatic carbocycles. The van der Waals surface area contributed by atoms with E-state index < -0.39 is 23.3 Å². The summed E-state index contributed by atoms with van der Waals surface area (Å²) < 4.78 is 1.68. The van der Waals surface area contributed by atoms with E-state index in [0.717, 1.165) is 10.6 Å². The molecule has 2 rings (SSSR count). The normalized spacial score (nSPS) is 18.7. The summed E-state index contributed by atoms with van der Waals surface area (Å²) in [7, 11) is 1.79. The second kappa shape index (κ2) is 4.49. The fraction of sp³-hybridized carbons (Fsp3) is 0.500. The third-order valence-corrected chi connectivity index (χ3v) is 3.33. The van der Waals surface area contributed by atoms with E-state index in [9.17, 15) is 14.4 Å². The molecule has 1 fully saturated rings. The number of imide groups is 2. The zero-order valence-corrected chi connectivity index (χ0v) is 11.1. The summed E-state index contributed by atoms with van der Waals surface area (Å²) in [4.78, 5) is 36.5. The van der Waals surface area contributed by atoms with Crippen LogP contribution in [0.5, 0.6) is 0 Å². The van der Waals surface area contributed by atoms with Crippen LogP contribution in [-0.4, -0.2) is 39.1 Å². The smallest absolute Gasteiger partial charge is 0.277 e. The van der Waals surface area contributed by atoms with Crippen LogP contribution >= 0.6 is 0 Å². The Morgan fingerprint density at radius 1 is 1.32 bits per heavy atom. The van der Waals surface area contributed by atoms with Gasteiger partial charge in [0.05, 0.1) is 0 Å². The Labute approximate surface area is 110 Å². The largest absolute Gasteiger partial charge is 0.330 e. The molecule has 0 atom stereocenters. The second-order valence-corrected chi connectivity index (χ2v) is 5.04. The van der Waals surface area contributed by atoms with Crippen molar-refractivity contribution in [1.29, 1.82) is 0 Å². The lowest BCUT2D eigenvalue weighted by atomic mass is 9.89. The van der Waals surface area contributed by atoms with Gasteiger partial charge in [0.1, 0.15) is 5.41 Å². The number of carbonyl (C=O) groups excluding carboxylic acids is 3. The summed E-state index contributed by atoms with van der Waals surface area (Å²) in [6, 6.07) is 1.17. The predicted octanol–water partition coefficient (Wildman–Crippen LogP) is 0.0672. The first-order chi connectivity index (χ1) is 8.84. The molecule has 1 N–H and O–H groups in total. The molecule has 7 nitrogen and oxygen atoms in total. The Morgan fingerprint density at radius 2 is 2.00 bits per heavy atom. The maximum Gasteiger partial charge on any atom is 0.330 e. The van der Waals surface area contributed by atoms with Gasteiger partial charge in [0.25, 0.3) is 0 Å². The SMILES string of the molecule is Cn1nccc1CCN1C(=O)NC(=O)C(C)(C)C1=O. The van der Waals surface area contributed by atoms with E-state index in [2.05, 4.69) is 10.4 Å². The van der Waals surface area contributed by atoms with E-state index >= 15 is 0 Å². The second-order valence-electron chi connectivity index (χ2n) is 5.04. The summed E-state index contributed by atoms with van der Waals surface area (Å²) in [6.45, 7) is 3.24. The molecule has 0 bridgehead atoms. The molecule has 0 saturated carbocycles. The number of nitrogens with zero attached hydrogens (tertiary/aromatic N) is 3. The van der Waals surface area contributed by atoms with Crippen molar-refractivity contribution >= 4 is 17.8 Å². The number of nitrogens with one attached hydrogen (secondary N) is 1. The van der Waals surface area contributed by atoms with Crippen LogP contribution in [0.4, 0.5) is 4.79 Å². The van der Waals surface area contributed by atoms with Crippen molar-refractivity contribution in [2.45, 2.75) is 20.3 Å². The average Bonchev–Trinajstić information content (AvgIpc) is 2.73. The summed E-state index contributed by atoms with van der Waals surface area (Å²) in [5.41, 5.74) is -0.296. The van der Waals surface area contributed by atoms with Crippen molar-refractivity contribution in [1.82, 2.24) is 20.0 Å². The van der Waals surface area contributed by atoms with E-state index in [1.165, 1.54) is 13.8 Å². The van der Waals surface area contributed by atoms with Gasteiger partial charge in [-0.15, -0.1) is 0 Å². The maximum absolute atomic E-state index is 12.1. The van der Waals surface area contributed by atoms with Crippen LogP contribution in [0.15, 0.2) is 12.3 Å². The van der Waals surface area contributed by atoms with E-state index in [0.29, 0.717) is 6.42 Å². The first-order valence-electron chi connectivity index (χ1n) is 5.98. The topological polar surface area (TPSA) is 84.3 Å². The van der Waals surface area contributed by atoms with Crippen LogP contribution in [0.3, 0.4) is 0 Å². The molecular formula is C12H16N4O3. The molecule has 1 aromatic heterocycles. The minimum Gasteiger partial charge on any atom is -0.277 e. The number of hydrogen-bond donors (Lipinski definition) is 1. The molecule has 102 valence electrons. The van der Waals surface area contributed by atoms with Gasteiger partial charge in [-0.2, -0.15) is 5.10 Å². The average molecular weight is 264 g/mol. The molecule has 0 aliphatic carbocycles. The number of amides is 4. The van der Waals surface area contributed by atoms with Crippen molar-refractivity contribution < 1.29 is 14.4 Å². The van der Waals surface area contributed by atoms with Gasteiger partial charge < -0.3 is 0 Å². The van der Waals surface area contributed by atoms with Gasteiger partial charge in [0.15, 0.2) is 0 Å². The monoisotopic (exact) mass is 264 g/mol. The number of aromatic nitrogens is 2. The minimum absolute atomic E-state index is 0.223. The molecule has 1 saturated heterocycles. The number of rotatable bonds is 3. The van der Waals surface area contributed by atoms with Crippen molar-refractivity contribution in [2.75, 3.05) is 6.54 Å². The number of urea groups is 1. The molecule has 0 spiro atoms. The van der Waals surface area contributed by atoms with Crippen LogP contribution in [-0.2, 0) is 23.1 Å². The summed E-state index contributed by atoms with van der Waals surface area (Å²) in [5.74, 6) is -1.03. The molecule has 1 aliphatic heterocycles. The van der Waals surface area contributed by atoms with Gasteiger partial charge in [-0.25, -0.2) is 4.79 Å². The molecule has 7 heteroatoms. The zero-order valence-electron chi connectivity index (χ0n) is 11.1. The van der Waals surface area contributed by atoms with Crippen LogP contribution in [0.25, 0.3) is 0 Å². The fourth-order valence-electron chi connectivity index (χ4n) is 1.92. The van der Waals surface area contributed by atoms with Crippen LogP contribution in [0.1, 0.15) is 19.5 Å². The highest BCUT2D eigenvalue weighted by Gasteiger charge is 2.46. The number of hydrogen-bond acceptors (Lipinski definition) is 4. The van der Waals surface area contributed by atoms with Gasteiger partial charge in [-0.05, 0) is 19.9 Å². The Balaban J connectivity index is 2.11. The summed E-state index contributed by atoms with van der Waals surface area (Å²) in [6.07, 6.45) is 2.15. The highest BCUT2D eigenvalue weighted by molar-refractivity contribution is 6.18. The molecule has 4 amide bonds. The number of aryl methyl sites for hydroxylation is 1. The molecule has 1 aromatic rings. The van der Waals surface area contributed by atoms with E-state index in [4.69, 9.17) is 0 Å². The Hall–Kier alpha value is -2.18. The summed E-state index contributed by atoms with van der Waals surface area (Å²) in [5, 5.41) is 6.22. The zero-order chi connectivity index (χ0) is 14.2. The minimum atomic E-state index is -1.21. The standard InChI is InChI=1S/C12H16N4O3/c1-12(2)9(17)14-11(19)16(10(12)18)7-5-8-4-6-13-15(8)3/h4,6H,5,7H2,1-3H3,(H,14,17,19). The lowest BCUT2D eigenvalue weighted by Gasteiger charge is -2.34. The van der Waals surface area contributed by atoms with Crippen LogP contribution < -0.4 is 5.32 Å². The lowest BCUT2D eigenvalue weighted by molar-refractivity contribution is -0.148. The van der Waals surface area contributed by atoms with E-state index in [-0.39, 0.29) is 6.54 Å². The lowest BCUT2D eigenvalue weighted by Crippen LogP contribution is -2.62. The van der Waals surface area contributed by atoms with Gasteiger partial charge in [-0.1, -0.05) is 0 Å². The Kier molecular flexibility index (Phi) is 3.13. The number of barbiturate groups is 1. The molecular weight excluding hydrogens is 248 g/mol. The Bertz CT molecular complexity index is 547. The van der Waals surface area contributed by atoms with E-state index in [1.807, 2.05) is 6.07 Å². The molecule has 1 aliphatic rings. The molecule has 19 heavy (non-hydrogen) atoms. The molecule has 0 unspecified atom stereocenters. The highest BCUT2D eigenvalue weighted by atomic mass is 16.2. The van der Waals surface area contributed by atoms with Gasteiger partial charge in [-0.3, -0.25) is 24.5 Å². The van der Waals surface area contributed by atoms with Gasteiger partial charge >= 0.3 is 6.03 Å². The molecule has 0 radical (unpaired) electrons. The first kappa shape index (κ1) is 13.3. The number of carbonyl (C=O) groups is 3. The van der Waals surface area contributed by atoms with Crippen molar-refractivity contribution in [3.8, 4) is 0 Å². The Morgan fingerprint density at radius 3 is 2.58 bits per heavy atom. The highest BCUT2D eigenvalue weighted by Crippen LogP contribution is 2.23. The van der Waals surface area contributed by atoms with Gasteiger partial charge in [0, 0.05) is 31.9 Å². The van der Waals surface area contributed by atoms with Crippen molar-refractivity contribution in [3.05, 3.63) is 18.0 Å². The maximum atomic E-state index is 12.1. The van der Waals surface area contributed by atoms with Crippen molar-refractivity contribution in [2.24, 2.45) is 12.5 Å². The third kappa shape index (κ3) is 2.23. The van der Waals surface area contributed by atoms with Crippen molar-refractivity contribution in [3.63, 3.8) is 0 Å². The third-order valence-electron chi connectivity index (χ3n) is 3.33. The predicted molar refractivity (Wildman–Crippen MR) is 65.9 cm³/mol. The fourth-order valence-corrected chi connectivity index (χ4v) is 1.92. The van der Waals surface area contributed by atoms with E-state index in [1.54, 1.807) is 17.9 Å². The quantitative estimate of drug-likeness (QED) is 0.783.